The third-order valence-electron chi connectivity index (χ3n) is 2.50. The van der Waals surface area contributed by atoms with Crippen LogP contribution >= 0.6 is 0 Å². The molecular formula is C11H11F4NO4S. The Morgan fingerprint density at radius 2 is 1.90 bits per heavy atom. The lowest BCUT2D eigenvalue weighted by Gasteiger charge is -2.22. The minimum absolute atomic E-state index is 0.0614. The number of aromatic carboxylic acids is 1. The smallest absolute Gasteiger partial charge is 0.402 e. The molecule has 0 aliphatic heterocycles. The number of sulfonamides is 1. The Morgan fingerprint density at radius 1 is 1.33 bits per heavy atom. The Kier molecular flexibility index (Phi) is 4.95. The van der Waals surface area contributed by atoms with E-state index in [0.717, 1.165) is 6.07 Å². The van der Waals surface area contributed by atoms with Crippen LogP contribution in [0, 0.1) is 5.82 Å². The van der Waals surface area contributed by atoms with Crippen molar-refractivity contribution in [3.8, 4) is 0 Å². The van der Waals surface area contributed by atoms with E-state index in [1.807, 2.05) is 0 Å². The zero-order chi connectivity index (χ0) is 16.4. The van der Waals surface area contributed by atoms with Crippen molar-refractivity contribution in [3.05, 3.63) is 29.6 Å². The third-order valence-corrected chi connectivity index (χ3v) is 4.46. The highest BCUT2D eigenvalue weighted by Gasteiger charge is 2.37. The summed E-state index contributed by atoms with van der Waals surface area (Å²) in [5, 5.41) is 8.64. The van der Waals surface area contributed by atoms with E-state index in [9.17, 15) is 30.8 Å². The van der Waals surface area contributed by atoms with Gasteiger partial charge in [0.2, 0.25) is 10.0 Å². The van der Waals surface area contributed by atoms with E-state index in [4.69, 9.17) is 5.11 Å². The largest absolute Gasteiger partial charge is 0.478 e. The summed E-state index contributed by atoms with van der Waals surface area (Å²) in [5.74, 6) is -2.91. The molecular weight excluding hydrogens is 318 g/mol. The zero-order valence-electron chi connectivity index (χ0n) is 10.7. The Balaban J connectivity index is 3.26. The van der Waals surface area contributed by atoms with Crippen molar-refractivity contribution in [1.82, 2.24) is 4.31 Å². The molecule has 10 heteroatoms. The van der Waals surface area contributed by atoms with Gasteiger partial charge in [0.25, 0.3) is 0 Å². The number of hydrogen-bond donors (Lipinski definition) is 1. The van der Waals surface area contributed by atoms with Gasteiger partial charge in [-0.1, -0.05) is 6.92 Å². The summed E-state index contributed by atoms with van der Waals surface area (Å²) in [6.45, 7) is -1.10. The van der Waals surface area contributed by atoms with E-state index in [0.29, 0.717) is 12.1 Å². The van der Waals surface area contributed by atoms with Gasteiger partial charge < -0.3 is 5.11 Å². The average molecular weight is 329 g/mol. The quantitative estimate of drug-likeness (QED) is 0.840. The van der Waals surface area contributed by atoms with Gasteiger partial charge in [-0.2, -0.15) is 17.5 Å². The van der Waals surface area contributed by atoms with Crippen LogP contribution in [-0.4, -0.2) is 43.1 Å². The van der Waals surface area contributed by atoms with Crippen molar-refractivity contribution in [2.45, 2.75) is 18.0 Å². The fraction of sp³-hybridized carbons (Fsp3) is 0.364. The topological polar surface area (TPSA) is 74.7 Å². The van der Waals surface area contributed by atoms with Gasteiger partial charge >= 0.3 is 12.1 Å². The van der Waals surface area contributed by atoms with Crippen molar-refractivity contribution in [2.75, 3.05) is 13.1 Å². The summed E-state index contributed by atoms with van der Waals surface area (Å²) < 4.78 is 74.7. The number of hydrogen-bond acceptors (Lipinski definition) is 3. The molecule has 0 fully saturated rings. The molecule has 118 valence electrons. The van der Waals surface area contributed by atoms with Crippen molar-refractivity contribution < 1.29 is 35.9 Å². The Bertz CT molecular complexity index is 642. The number of carbonyl (C=O) groups is 1. The summed E-state index contributed by atoms with van der Waals surface area (Å²) in [5.41, 5.74) is -0.509. The van der Waals surface area contributed by atoms with Crippen LogP contribution in [0.5, 0.6) is 0 Å². The molecule has 1 aromatic rings. The molecule has 0 radical (unpaired) electrons. The van der Waals surface area contributed by atoms with E-state index in [-0.39, 0.29) is 4.31 Å². The predicted molar refractivity (Wildman–Crippen MR) is 63.8 cm³/mol. The summed E-state index contributed by atoms with van der Waals surface area (Å²) in [4.78, 5) is 9.62. The molecule has 0 spiro atoms. The summed E-state index contributed by atoms with van der Waals surface area (Å²) in [7, 11) is -4.71. The van der Waals surface area contributed by atoms with Gasteiger partial charge in [0.05, 0.1) is 5.56 Å². The maximum atomic E-state index is 13.7. The Labute approximate surface area is 117 Å². The number of alkyl halides is 3. The zero-order valence-corrected chi connectivity index (χ0v) is 11.5. The number of rotatable bonds is 5. The van der Waals surface area contributed by atoms with Crippen LogP contribution < -0.4 is 0 Å². The normalized spacial score (nSPS) is 12.7. The second-order valence-corrected chi connectivity index (χ2v) is 5.90. The molecule has 0 bridgehead atoms. The molecule has 5 nitrogen and oxygen atoms in total. The number of carboxylic acid groups (broad SMARTS) is 1. The highest BCUT2D eigenvalue weighted by Crippen LogP contribution is 2.24. The lowest BCUT2D eigenvalue weighted by Crippen LogP contribution is -2.39. The van der Waals surface area contributed by atoms with Gasteiger partial charge in [-0.05, 0) is 18.2 Å². The molecule has 0 heterocycles. The van der Waals surface area contributed by atoms with Crippen LogP contribution in [0.15, 0.2) is 23.1 Å². The first-order chi connectivity index (χ1) is 9.49. The Hall–Kier alpha value is -1.68. The monoisotopic (exact) mass is 329 g/mol. The highest BCUT2D eigenvalue weighted by atomic mass is 32.2. The van der Waals surface area contributed by atoms with Gasteiger partial charge in [-0.3, -0.25) is 0 Å². The fourth-order valence-corrected chi connectivity index (χ4v) is 3.03. The maximum Gasteiger partial charge on any atom is 0.402 e. The second-order valence-electron chi connectivity index (χ2n) is 4.00. The summed E-state index contributed by atoms with van der Waals surface area (Å²) >= 11 is 0. The first kappa shape index (κ1) is 17.4. The van der Waals surface area contributed by atoms with E-state index in [2.05, 4.69) is 0 Å². The minimum atomic E-state index is -4.78. The Morgan fingerprint density at radius 3 is 2.29 bits per heavy atom. The molecule has 1 rings (SSSR count). The summed E-state index contributed by atoms with van der Waals surface area (Å²) in [6.07, 6.45) is -4.78. The van der Waals surface area contributed by atoms with Crippen LogP contribution in [0.3, 0.4) is 0 Å². The second kappa shape index (κ2) is 5.98. The summed E-state index contributed by atoms with van der Waals surface area (Å²) in [6, 6.07) is 1.88. The molecule has 0 saturated carbocycles. The molecule has 21 heavy (non-hydrogen) atoms. The van der Waals surface area contributed by atoms with Crippen LogP contribution in [-0.2, 0) is 10.0 Å². The minimum Gasteiger partial charge on any atom is -0.478 e. The molecule has 0 aromatic heterocycles. The fourth-order valence-electron chi connectivity index (χ4n) is 1.55. The van der Waals surface area contributed by atoms with Crippen molar-refractivity contribution in [3.63, 3.8) is 0 Å². The molecule has 0 atom stereocenters. The van der Waals surface area contributed by atoms with Gasteiger partial charge in [0.15, 0.2) is 0 Å². The van der Waals surface area contributed by atoms with Crippen LogP contribution in [0.2, 0.25) is 0 Å². The molecule has 0 saturated heterocycles. The molecule has 1 aromatic carbocycles. The number of nitrogens with zero attached hydrogens (tertiary/aromatic N) is 1. The lowest BCUT2D eigenvalue weighted by atomic mass is 10.2. The molecule has 1 N–H and O–H groups in total. The van der Waals surface area contributed by atoms with Gasteiger partial charge in [-0.25, -0.2) is 17.6 Å². The van der Waals surface area contributed by atoms with Crippen LogP contribution in [0.4, 0.5) is 17.6 Å². The van der Waals surface area contributed by atoms with Crippen molar-refractivity contribution in [1.29, 1.82) is 0 Å². The molecule has 0 unspecified atom stereocenters. The first-order valence-electron chi connectivity index (χ1n) is 5.58. The predicted octanol–water partition coefficient (Wildman–Crippen LogP) is 2.10. The SMILES string of the molecule is CCN(CC(F)(F)F)S(=O)(=O)c1ccc(C(=O)O)cc1F. The molecule has 0 aliphatic carbocycles. The van der Waals surface area contributed by atoms with E-state index in [1.54, 1.807) is 0 Å². The average Bonchev–Trinajstić information content (AvgIpc) is 2.34. The number of carboxylic acids is 1. The number of halogens is 4. The molecule has 0 aliphatic rings. The standard InChI is InChI=1S/C11H11F4NO4S/c1-2-16(6-11(13,14)15)21(19,20)9-4-3-7(10(17)18)5-8(9)12/h3-5H,2,6H2,1H3,(H,17,18). The maximum absolute atomic E-state index is 13.7. The van der Waals surface area contributed by atoms with Gasteiger partial charge in [0, 0.05) is 6.54 Å². The molecule has 0 amide bonds. The van der Waals surface area contributed by atoms with Crippen LogP contribution in [0.25, 0.3) is 0 Å². The highest BCUT2D eigenvalue weighted by molar-refractivity contribution is 7.89. The first-order valence-corrected chi connectivity index (χ1v) is 7.02. The van der Waals surface area contributed by atoms with Crippen LogP contribution in [0.1, 0.15) is 17.3 Å². The van der Waals surface area contributed by atoms with E-state index >= 15 is 0 Å². The van der Waals surface area contributed by atoms with E-state index < -0.39 is 51.5 Å². The van der Waals surface area contributed by atoms with Gasteiger partial charge in [0.1, 0.15) is 17.3 Å². The van der Waals surface area contributed by atoms with Gasteiger partial charge in [-0.15, -0.1) is 0 Å². The van der Waals surface area contributed by atoms with Crippen molar-refractivity contribution >= 4 is 16.0 Å². The van der Waals surface area contributed by atoms with E-state index in [1.165, 1.54) is 6.92 Å². The third kappa shape index (κ3) is 4.14. The number of benzene rings is 1. The lowest BCUT2D eigenvalue weighted by molar-refractivity contribution is -0.135. The van der Waals surface area contributed by atoms with Crippen molar-refractivity contribution in [2.24, 2.45) is 0 Å².